The molecule has 6 nitrogen and oxygen atoms in total. The SMILES string of the molecule is O=C(NSC1CC1)C1CC(N2CCCOc3cc(F)ccc32)CN1C(=O)C(c1ccccc1)c1ccccc1. The minimum atomic E-state index is -0.600. The number of carbonyl (C=O) groups excluding carboxylic acids is 2. The topological polar surface area (TPSA) is 61.9 Å². The minimum Gasteiger partial charge on any atom is -0.491 e. The number of hydrogen-bond acceptors (Lipinski definition) is 5. The highest BCUT2D eigenvalue weighted by atomic mass is 32.2. The van der Waals surface area contributed by atoms with Gasteiger partial charge in [0, 0.05) is 30.4 Å². The number of hydrogen-bond donors (Lipinski definition) is 1. The van der Waals surface area contributed by atoms with Gasteiger partial charge in [0.1, 0.15) is 17.6 Å². The average Bonchev–Trinajstić information content (AvgIpc) is 3.73. The lowest BCUT2D eigenvalue weighted by atomic mass is 9.90. The van der Waals surface area contributed by atoms with Crippen molar-refractivity contribution in [3.63, 3.8) is 0 Å². The van der Waals surface area contributed by atoms with Crippen LogP contribution in [0.5, 0.6) is 5.75 Å². The maximum absolute atomic E-state index is 14.4. The van der Waals surface area contributed by atoms with Crippen molar-refractivity contribution in [1.82, 2.24) is 9.62 Å². The van der Waals surface area contributed by atoms with E-state index in [0.29, 0.717) is 37.1 Å². The van der Waals surface area contributed by atoms with E-state index in [2.05, 4.69) is 9.62 Å². The Bertz CT molecular complexity index is 1280. The molecule has 3 aromatic rings. The quantitative estimate of drug-likeness (QED) is 0.417. The zero-order chi connectivity index (χ0) is 26.8. The fourth-order valence-corrected chi connectivity index (χ4v) is 6.41. The second kappa shape index (κ2) is 11.3. The van der Waals surface area contributed by atoms with Gasteiger partial charge in [-0.2, -0.15) is 0 Å². The summed E-state index contributed by atoms with van der Waals surface area (Å²) >= 11 is 1.47. The fraction of sp³-hybridized carbons (Fsp3) is 0.355. The first-order valence-corrected chi connectivity index (χ1v) is 14.5. The van der Waals surface area contributed by atoms with Gasteiger partial charge in [-0.1, -0.05) is 60.7 Å². The van der Waals surface area contributed by atoms with Gasteiger partial charge in [0.05, 0.1) is 18.2 Å². The van der Waals surface area contributed by atoms with Crippen molar-refractivity contribution in [1.29, 1.82) is 0 Å². The van der Waals surface area contributed by atoms with E-state index in [4.69, 9.17) is 4.74 Å². The molecule has 1 saturated carbocycles. The van der Waals surface area contributed by atoms with Crippen LogP contribution in [-0.4, -0.2) is 53.7 Å². The molecule has 0 bridgehead atoms. The number of nitrogens with one attached hydrogen (secondary N) is 1. The van der Waals surface area contributed by atoms with E-state index in [-0.39, 0.29) is 23.7 Å². The van der Waals surface area contributed by atoms with Crippen molar-refractivity contribution >= 4 is 29.4 Å². The van der Waals surface area contributed by atoms with Crippen LogP contribution in [0.1, 0.15) is 42.7 Å². The third-order valence-electron chi connectivity index (χ3n) is 7.70. The van der Waals surface area contributed by atoms with E-state index in [1.807, 2.05) is 60.7 Å². The second-order valence-corrected chi connectivity index (χ2v) is 11.5. The molecule has 2 aliphatic heterocycles. The molecular weight excluding hydrogens is 513 g/mol. The largest absolute Gasteiger partial charge is 0.491 e. The summed E-state index contributed by atoms with van der Waals surface area (Å²) < 4.78 is 22.9. The predicted octanol–water partition coefficient (Wildman–Crippen LogP) is 5.14. The van der Waals surface area contributed by atoms with Gasteiger partial charge in [0.15, 0.2) is 0 Å². The molecule has 2 amide bonds. The van der Waals surface area contributed by atoms with Gasteiger partial charge < -0.3 is 14.5 Å². The lowest BCUT2D eigenvalue weighted by molar-refractivity contribution is -0.138. The van der Waals surface area contributed by atoms with Crippen LogP contribution in [0.2, 0.25) is 0 Å². The Hall–Kier alpha value is -3.52. The molecule has 1 N–H and O–H groups in total. The number of halogens is 1. The number of likely N-dealkylation sites (tertiary alicyclic amines) is 1. The maximum Gasteiger partial charge on any atom is 0.252 e. The Kier molecular flexibility index (Phi) is 7.46. The van der Waals surface area contributed by atoms with Crippen molar-refractivity contribution in [3.8, 4) is 5.75 Å². The summed E-state index contributed by atoms with van der Waals surface area (Å²) in [4.78, 5) is 32.0. The van der Waals surface area contributed by atoms with E-state index in [1.165, 1.54) is 24.1 Å². The zero-order valence-electron chi connectivity index (χ0n) is 21.7. The van der Waals surface area contributed by atoms with Gasteiger partial charge in [0.25, 0.3) is 5.91 Å². The summed E-state index contributed by atoms with van der Waals surface area (Å²) in [5.74, 6) is -0.577. The highest BCUT2D eigenvalue weighted by Gasteiger charge is 2.45. The van der Waals surface area contributed by atoms with Crippen LogP contribution >= 0.6 is 11.9 Å². The first kappa shape index (κ1) is 25.7. The van der Waals surface area contributed by atoms with Gasteiger partial charge in [-0.15, -0.1) is 0 Å². The van der Waals surface area contributed by atoms with Crippen LogP contribution in [0.25, 0.3) is 0 Å². The molecule has 2 heterocycles. The number of fused-ring (bicyclic) bond motifs is 1. The van der Waals surface area contributed by atoms with Crippen molar-refractivity contribution in [2.45, 2.75) is 48.9 Å². The number of carbonyl (C=O) groups is 2. The van der Waals surface area contributed by atoms with Crippen molar-refractivity contribution in [3.05, 3.63) is 95.8 Å². The van der Waals surface area contributed by atoms with Crippen LogP contribution in [0.3, 0.4) is 0 Å². The Morgan fingerprint density at radius 3 is 2.33 bits per heavy atom. The van der Waals surface area contributed by atoms with Gasteiger partial charge in [-0.3, -0.25) is 14.3 Å². The molecule has 1 aliphatic carbocycles. The summed E-state index contributed by atoms with van der Waals surface area (Å²) in [6, 6.07) is 23.4. The second-order valence-electron chi connectivity index (χ2n) is 10.4. The van der Waals surface area contributed by atoms with Crippen molar-refractivity contribution in [2.24, 2.45) is 0 Å². The van der Waals surface area contributed by atoms with E-state index < -0.39 is 12.0 Å². The molecular formula is C31H32FN3O3S. The lowest BCUT2D eigenvalue weighted by Gasteiger charge is -2.31. The molecule has 39 heavy (non-hydrogen) atoms. The zero-order valence-corrected chi connectivity index (χ0v) is 22.5. The van der Waals surface area contributed by atoms with Gasteiger partial charge in [0.2, 0.25) is 5.91 Å². The lowest BCUT2D eigenvalue weighted by Crippen LogP contribution is -2.46. The molecule has 3 aliphatic rings. The fourth-order valence-electron chi connectivity index (χ4n) is 5.62. The van der Waals surface area contributed by atoms with Crippen LogP contribution in [0.4, 0.5) is 10.1 Å². The average molecular weight is 546 g/mol. The third kappa shape index (κ3) is 5.62. The van der Waals surface area contributed by atoms with Crippen molar-refractivity contribution < 1.29 is 18.7 Å². The molecule has 0 spiro atoms. The number of amides is 2. The minimum absolute atomic E-state index is 0.0862. The first-order chi connectivity index (χ1) is 19.1. The molecule has 1 saturated heterocycles. The highest BCUT2D eigenvalue weighted by molar-refractivity contribution is 7.98. The Morgan fingerprint density at radius 1 is 0.974 bits per heavy atom. The maximum atomic E-state index is 14.4. The molecule has 6 rings (SSSR count). The van der Waals surface area contributed by atoms with Crippen LogP contribution < -0.4 is 14.4 Å². The van der Waals surface area contributed by atoms with Crippen LogP contribution in [-0.2, 0) is 9.59 Å². The number of nitrogens with zero attached hydrogens (tertiary/aromatic N) is 2. The Balaban J connectivity index is 1.34. The number of benzene rings is 3. The number of ether oxygens (including phenoxy) is 1. The standard InChI is InChI=1S/C31H32FN3O3S/c32-23-12-15-26-28(18-23)38-17-7-16-34(26)24-19-27(30(36)33-39-25-13-14-25)35(20-24)31(37)29(21-8-3-1-4-9-21)22-10-5-2-6-11-22/h1-6,8-12,15,18,24-25,27,29H,7,13-14,16-17,19-20H2,(H,33,36). The summed E-state index contributed by atoms with van der Waals surface area (Å²) in [6.07, 6.45) is 3.47. The third-order valence-corrected chi connectivity index (χ3v) is 8.82. The molecule has 2 atom stereocenters. The van der Waals surface area contributed by atoms with E-state index in [1.54, 1.807) is 11.0 Å². The predicted molar refractivity (Wildman–Crippen MR) is 151 cm³/mol. The summed E-state index contributed by atoms with van der Waals surface area (Å²) in [7, 11) is 0. The summed E-state index contributed by atoms with van der Waals surface area (Å²) in [5.41, 5.74) is 2.60. The normalized spacial score (nSPS) is 20.8. The Morgan fingerprint density at radius 2 is 1.67 bits per heavy atom. The molecule has 0 aromatic heterocycles. The molecule has 2 fully saturated rings. The highest BCUT2D eigenvalue weighted by Crippen LogP contribution is 2.38. The summed E-state index contributed by atoms with van der Waals surface area (Å²) in [6.45, 7) is 1.60. The first-order valence-electron chi connectivity index (χ1n) is 13.6. The van der Waals surface area contributed by atoms with E-state index >= 15 is 0 Å². The number of rotatable bonds is 7. The van der Waals surface area contributed by atoms with E-state index in [9.17, 15) is 14.0 Å². The smallest absolute Gasteiger partial charge is 0.252 e. The Labute approximate surface area is 232 Å². The monoisotopic (exact) mass is 545 g/mol. The van der Waals surface area contributed by atoms with Gasteiger partial charge in [-0.05, 0) is 60.9 Å². The molecule has 0 radical (unpaired) electrons. The van der Waals surface area contributed by atoms with Gasteiger partial charge in [-0.25, -0.2) is 4.39 Å². The van der Waals surface area contributed by atoms with Crippen LogP contribution in [0.15, 0.2) is 78.9 Å². The van der Waals surface area contributed by atoms with Crippen molar-refractivity contribution in [2.75, 3.05) is 24.6 Å². The summed E-state index contributed by atoms with van der Waals surface area (Å²) in [5, 5.41) is 0.459. The molecule has 202 valence electrons. The van der Waals surface area contributed by atoms with Gasteiger partial charge >= 0.3 is 0 Å². The molecule has 2 unspecified atom stereocenters. The van der Waals surface area contributed by atoms with E-state index in [0.717, 1.165) is 36.1 Å². The van der Waals surface area contributed by atoms with Crippen LogP contribution in [0, 0.1) is 5.82 Å². The molecule has 8 heteroatoms. The molecule has 3 aromatic carbocycles. The number of anilines is 1.